The first-order chi connectivity index (χ1) is 7.15. The number of nitrogens with zero attached hydrogens (tertiary/aromatic N) is 1. The molecule has 1 aliphatic rings. The molecular formula is C12H24N2O. The number of hydrogen-bond acceptors (Lipinski definition) is 2. The van der Waals surface area contributed by atoms with E-state index in [4.69, 9.17) is 5.73 Å². The smallest absolute Gasteiger partial charge is 0.222 e. The molecule has 15 heavy (non-hydrogen) atoms. The van der Waals surface area contributed by atoms with Crippen molar-refractivity contribution in [3.05, 3.63) is 0 Å². The normalized spacial score (nSPS) is 26.3. The third-order valence-corrected chi connectivity index (χ3v) is 3.39. The monoisotopic (exact) mass is 212 g/mol. The van der Waals surface area contributed by atoms with E-state index in [1.807, 2.05) is 11.9 Å². The highest BCUT2D eigenvalue weighted by atomic mass is 16.2. The molecular weight excluding hydrogens is 188 g/mol. The number of nitrogens with two attached hydrogens (primary N) is 1. The zero-order valence-corrected chi connectivity index (χ0v) is 10.0. The molecule has 0 aromatic heterocycles. The molecule has 88 valence electrons. The van der Waals surface area contributed by atoms with Gasteiger partial charge in [-0.3, -0.25) is 4.79 Å². The second kappa shape index (κ2) is 6.11. The molecule has 3 nitrogen and oxygen atoms in total. The molecule has 2 N–H and O–H groups in total. The Labute approximate surface area is 93.0 Å². The Morgan fingerprint density at radius 2 is 2.07 bits per heavy atom. The number of carbonyl (C=O) groups is 1. The Morgan fingerprint density at radius 1 is 1.40 bits per heavy atom. The summed E-state index contributed by atoms with van der Waals surface area (Å²) >= 11 is 0. The lowest BCUT2D eigenvalue weighted by Crippen LogP contribution is -2.37. The molecule has 1 amide bonds. The van der Waals surface area contributed by atoms with Gasteiger partial charge in [-0.2, -0.15) is 0 Å². The lowest BCUT2D eigenvalue weighted by Gasteiger charge is -2.29. The van der Waals surface area contributed by atoms with Gasteiger partial charge in [0.15, 0.2) is 0 Å². The zero-order chi connectivity index (χ0) is 11.3. The number of rotatable bonds is 4. The fourth-order valence-corrected chi connectivity index (χ4v) is 2.33. The van der Waals surface area contributed by atoms with E-state index in [-0.39, 0.29) is 11.9 Å². The quantitative estimate of drug-likeness (QED) is 0.772. The largest absolute Gasteiger partial charge is 0.346 e. The van der Waals surface area contributed by atoms with Crippen molar-refractivity contribution in [3.8, 4) is 0 Å². The van der Waals surface area contributed by atoms with Crippen LogP contribution in [0.5, 0.6) is 0 Å². The van der Waals surface area contributed by atoms with Crippen molar-refractivity contribution in [3.63, 3.8) is 0 Å². The molecule has 0 aromatic carbocycles. The van der Waals surface area contributed by atoms with Crippen LogP contribution < -0.4 is 5.73 Å². The molecule has 0 spiro atoms. The lowest BCUT2D eigenvalue weighted by molar-refractivity contribution is -0.131. The summed E-state index contributed by atoms with van der Waals surface area (Å²) in [6.45, 7) is 2.96. The number of carbonyl (C=O) groups excluding carboxylic acids is 1. The molecule has 2 atom stereocenters. The Kier molecular flexibility index (Phi) is 5.09. The van der Waals surface area contributed by atoms with Crippen LogP contribution >= 0.6 is 0 Å². The van der Waals surface area contributed by atoms with E-state index in [1.165, 1.54) is 12.8 Å². The molecule has 0 radical (unpaired) electrons. The van der Waals surface area contributed by atoms with Crippen molar-refractivity contribution in [2.45, 2.75) is 51.5 Å². The zero-order valence-electron chi connectivity index (χ0n) is 10.0. The van der Waals surface area contributed by atoms with Crippen LogP contribution in [0, 0.1) is 5.92 Å². The summed E-state index contributed by atoms with van der Waals surface area (Å²) in [7, 11) is 1.89. The van der Waals surface area contributed by atoms with E-state index in [1.54, 1.807) is 0 Å². The summed E-state index contributed by atoms with van der Waals surface area (Å²) in [6, 6.07) is 0.248. The summed E-state index contributed by atoms with van der Waals surface area (Å²) in [5.41, 5.74) is 6.03. The maximum absolute atomic E-state index is 11.8. The molecule has 1 aliphatic carbocycles. The molecule has 2 unspecified atom stereocenters. The molecule has 0 saturated heterocycles. The van der Waals surface area contributed by atoms with Gasteiger partial charge in [0.05, 0.1) is 0 Å². The average molecular weight is 212 g/mol. The topological polar surface area (TPSA) is 46.3 Å². The van der Waals surface area contributed by atoms with Crippen molar-refractivity contribution in [2.75, 3.05) is 13.6 Å². The minimum absolute atomic E-state index is 0.248. The fourth-order valence-electron chi connectivity index (χ4n) is 2.33. The van der Waals surface area contributed by atoms with Gasteiger partial charge in [-0.15, -0.1) is 0 Å². The molecule has 1 fully saturated rings. The van der Waals surface area contributed by atoms with Crippen molar-refractivity contribution in [1.82, 2.24) is 4.90 Å². The summed E-state index contributed by atoms with van der Waals surface area (Å²) in [4.78, 5) is 13.7. The summed E-state index contributed by atoms with van der Waals surface area (Å²) in [5.74, 6) is 0.685. The molecule has 3 heteroatoms. The van der Waals surface area contributed by atoms with E-state index in [2.05, 4.69) is 6.92 Å². The first-order valence-corrected chi connectivity index (χ1v) is 6.14. The van der Waals surface area contributed by atoms with Crippen LogP contribution in [0.2, 0.25) is 0 Å². The van der Waals surface area contributed by atoms with Gasteiger partial charge in [-0.25, -0.2) is 0 Å². The van der Waals surface area contributed by atoms with Gasteiger partial charge in [0.1, 0.15) is 0 Å². The van der Waals surface area contributed by atoms with E-state index < -0.39 is 0 Å². The molecule has 1 rings (SSSR count). The van der Waals surface area contributed by atoms with Crippen LogP contribution in [0.3, 0.4) is 0 Å². The third-order valence-electron chi connectivity index (χ3n) is 3.39. The first-order valence-electron chi connectivity index (χ1n) is 6.14. The van der Waals surface area contributed by atoms with Crippen molar-refractivity contribution in [1.29, 1.82) is 0 Å². The van der Waals surface area contributed by atoms with Crippen molar-refractivity contribution >= 4 is 5.91 Å². The first kappa shape index (κ1) is 12.5. The van der Waals surface area contributed by atoms with Gasteiger partial charge in [0, 0.05) is 26.1 Å². The van der Waals surface area contributed by atoms with Crippen LogP contribution in [-0.4, -0.2) is 30.4 Å². The molecule has 0 aromatic rings. The Bertz CT molecular complexity index is 206. The predicted molar refractivity (Wildman–Crippen MR) is 62.5 cm³/mol. The van der Waals surface area contributed by atoms with Crippen LogP contribution in [0.25, 0.3) is 0 Å². The minimum Gasteiger partial charge on any atom is -0.346 e. The van der Waals surface area contributed by atoms with Gasteiger partial charge in [0.2, 0.25) is 5.91 Å². The van der Waals surface area contributed by atoms with Gasteiger partial charge in [-0.05, 0) is 25.2 Å². The van der Waals surface area contributed by atoms with Crippen molar-refractivity contribution < 1.29 is 4.79 Å². The minimum atomic E-state index is 0.248. The number of hydrogen-bond donors (Lipinski definition) is 1. The highest BCUT2D eigenvalue weighted by molar-refractivity contribution is 5.76. The third kappa shape index (κ3) is 3.82. The highest BCUT2D eigenvalue weighted by Crippen LogP contribution is 2.26. The van der Waals surface area contributed by atoms with Gasteiger partial charge in [-0.1, -0.05) is 19.8 Å². The maximum atomic E-state index is 11.8. The predicted octanol–water partition coefficient (Wildman–Crippen LogP) is 1.76. The molecule has 0 heterocycles. The van der Waals surface area contributed by atoms with Crippen molar-refractivity contribution in [2.24, 2.45) is 11.7 Å². The van der Waals surface area contributed by atoms with Gasteiger partial charge >= 0.3 is 0 Å². The fraction of sp³-hybridized carbons (Fsp3) is 0.917. The lowest BCUT2D eigenvalue weighted by atomic mass is 9.83. The van der Waals surface area contributed by atoms with E-state index in [9.17, 15) is 4.79 Å². The second-order valence-corrected chi connectivity index (χ2v) is 4.73. The average Bonchev–Trinajstić information content (AvgIpc) is 2.21. The highest BCUT2D eigenvalue weighted by Gasteiger charge is 2.25. The summed E-state index contributed by atoms with van der Waals surface area (Å²) in [5, 5.41) is 0. The number of amides is 1. The molecule has 0 bridgehead atoms. The van der Waals surface area contributed by atoms with E-state index >= 15 is 0 Å². The Hall–Kier alpha value is -0.570. The summed E-state index contributed by atoms with van der Waals surface area (Å²) < 4.78 is 0. The van der Waals surface area contributed by atoms with Gasteiger partial charge < -0.3 is 10.6 Å². The van der Waals surface area contributed by atoms with Gasteiger partial charge in [0.25, 0.3) is 0 Å². The van der Waals surface area contributed by atoms with Crippen LogP contribution in [0.4, 0.5) is 0 Å². The van der Waals surface area contributed by atoms with E-state index in [0.29, 0.717) is 12.3 Å². The standard InChI is InChI=1S/C12H24N2O/c1-3-8-14(2)12(15)9-10-6-4-5-7-11(10)13/h10-11H,3-9,13H2,1-2H3. The molecule has 0 aliphatic heterocycles. The van der Waals surface area contributed by atoms with E-state index in [0.717, 1.165) is 25.8 Å². The Balaban J connectivity index is 2.35. The van der Waals surface area contributed by atoms with Crippen LogP contribution in [-0.2, 0) is 4.79 Å². The maximum Gasteiger partial charge on any atom is 0.222 e. The van der Waals surface area contributed by atoms with Crippen LogP contribution in [0.1, 0.15) is 45.4 Å². The SMILES string of the molecule is CCCN(C)C(=O)CC1CCCCC1N. The van der Waals surface area contributed by atoms with Crippen LogP contribution in [0.15, 0.2) is 0 Å². The Morgan fingerprint density at radius 3 is 2.67 bits per heavy atom. The summed E-state index contributed by atoms with van der Waals surface area (Å²) in [6.07, 6.45) is 6.37. The molecule has 1 saturated carbocycles. The second-order valence-electron chi connectivity index (χ2n) is 4.73.